The number of Topliss-reactive ketones (excluding diaryl/α,β-unsaturated/α-hetero) is 1. The molecule has 2 fully saturated rings. The number of fused-ring (bicyclic) bond motifs is 1. The van der Waals surface area contributed by atoms with Gasteiger partial charge in [-0.15, -0.1) is 0 Å². The van der Waals surface area contributed by atoms with E-state index in [1.807, 2.05) is 36.4 Å². The number of piperazine rings is 1. The molecule has 0 aliphatic carbocycles. The van der Waals surface area contributed by atoms with Gasteiger partial charge in [-0.3, -0.25) is 9.69 Å². The van der Waals surface area contributed by atoms with Crippen molar-refractivity contribution >= 4 is 23.1 Å². The van der Waals surface area contributed by atoms with E-state index in [0.29, 0.717) is 40.9 Å². The number of ether oxygens (including phenoxy) is 3. The number of halogens is 1. The molecule has 2 aromatic carbocycles. The molecule has 2 saturated heterocycles. The summed E-state index contributed by atoms with van der Waals surface area (Å²) in [6.45, 7) is 2.54. The molecule has 0 aromatic heterocycles. The Morgan fingerprint density at radius 2 is 1.67 bits per heavy atom. The number of nitrogens with zero attached hydrogens (tertiary/aromatic N) is 2. The zero-order valence-corrected chi connectivity index (χ0v) is 18.3. The van der Waals surface area contributed by atoms with E-state index < -0.39 is 0 Å². The number of carbonyl (C=O) groups is 1. The van der Waals surface area contributed by atoms with Gasteiger partial charge in [0.1, 0.15) is 11.5 Å². The Morgan fingerprint density at radius 1 is 0.900 bits per heavy atom. The number of piperidine rings is 1. The van der Waals surface area contributed by atoms with Crippen molar-refractivity contribution in [3.05, 3.63) is 47.0 Å². The van der Waals surface area contributed by atoms with Crippen molar-refractivity contribution in [2.45, 2.75) is 24.9 Å². The second-order valence-electron chi connectivity index (χ2n) is 7.73. The molecule has 2 aliphatic heterocycles. The smallest absolute Gasteiger partial charge is 0.161 e. The van der Waals surface area contributed by atoms with Gasteiger partial charge in [-0.2, -0.15) is 0 Å². The largest absolute Gasteiger partial charge is 0.495 e. The predicted molar refractivity (Wildman–Crippen MR) is 117 cm³/mol. The molecule has 7 heteroatoms. The summed E-state index contributed by atoms with van der Waals surface area (Å²) in [5.41, 5.74) is 2.16. The molecule has 0 radical (unpaired) electrons. The van der Waals surface area contributed by atoms with Gasteiger partial charge in [0.05, 0.1) is 26.4 Å². The molecule has 2 heterocycles. The summed E-state index contributed by atoms with van der Waals surface area (Å²) in [7, 11) is 4.88. The molecule has 0 N–H and O–H groups in total. The van der Waals surface area contributed by atoms with Gasteiger partial charge < -0.3 is 19.1 Å². The number of rotatable bonds is 5. The Labute approximate surface area is 182 Å². The lowest BCUT2D eigenvalue weighted by molar-refractivity contribution is -0.125. The Balaban J connectivity index is 1.57. The predicted octanol–water partition coefficient (Wildman–Crippen LogP) is 3.96. The van der Waals surface area contributed by atoms with Gasteiger partial charge in [-0.05, 0) is 29.8 Å². The van der Waals surface area contributed by atoms with Crippen LogP contribution in [-0.4, -0.2) is 57.7 Å². The van der Waals surface area contributed by atoms with Gasteiger partial charge >= 0.3 is 0 Å². The van der Waals surface area contributed by atoms with Gasteiger partial charge in [-0.1, -0.05) is 17.7 Å². The van der Waals surface area contributed by atoms with Crippen molar-refractivity contribution in [3.63, 3.8) is 0 Å². The van der Waals surface area contributed by atoms with Crippen LogP contribution in [0.4, 0.5) is 5.69 Å². The third-order valence-corrected chi connectivity index (χ3v) is 6.42. The fraction of sp³-hybridized carbons (Fsp3) is 0.435. The second-order valence-corrected chi connectivity index (χ2v) is 8.14. The third-order valence-electron chi connectivity index (χ3n) is 6.11. The summed E-state index contributed by atoms with van der Waals surface area (Å²) in [6, 6.07) is 12.0. The molecule has 30 heavy (non-hydrogen) atoms. The first-order valence-electron chi connectivity index (χ1n) is 10.1. The van der Waals surface area contributed by atoms with E-state index in [0.717, 1.165) is 30.9 Å². The van der Waals surface area contributed by atoms with Gasteiger partial charge in [0.25, 0.3) is 0 Å². The van der Waals surface area contributed by atoms with Crippen molar-refractivity contribution in [1.29, 1.82) is 0 Å². The molecule has 0 bridgehead atoms. The Bertz CT molecular complexity index is 935. The molecule has 0 saturated carbocycles. The Kier molecular flexibility index (Phi) is 6.06. The SMILES string of the molecule is COc1cc(N2CCN3C(CC(=O)CC3c3ccc(OC)c(OC)c3)C2)ccc1Cl. The first kappa shape index (κ1) is 20.8. The van der Waals surface area contributed by atoms with Crippen LogP contribution in [0.2, 0.25) is 5.02 Å². The van der Waals surface area contributed by atoms with Crippen molar-refractivity contribution in [3.8, 4) is 17.2 Å². The number of benzene rings is 2. The number of carbonyl (C=O) groups excluding carboxylic acids is 1. The molecule has 2 atom stereocenters. The average Bonchev–Trinajstić information content (AvgIpc) is 2.77. The number of hydrogen-bond acceptors (Lipinski definition) is 6. The van der Waals surface area contributed by atoms with Crippen LogP contribution in [0.25, 0.3) is 0 Å². The van der Waals surface area contributed by atoms with E-state index in [1.165, 1.54) is 0 Å². The fourth-order valence-corrected chi connectivity index (χ4v) is 4.78. The molecular formula is C23H27ClN2O4. The molecule has 160 valence electrons. The topological polar surface area (TPSA) is 51.2 Å². The van der Waals surface area contributed by atoms with Gasteiger partial charge in [-0.25, -0.2) is 0 Å². The number of methoxy groups -OCH3 is 3. The average molecular weight is 431 g/mol. The molecule has 2 aromatic rings. The Morgan fingerprint density at radius 3 is 2.40 bits per heavy atom. The fourth-order valence-electron chi connectivity index (χ4n) is 4.59. The highest BCUT2D eigenvalue weighted by molar-refractivity contribution is 6.32. The van der Waals surface area contributed by atoms with Crippen LogP contribution in [0, 0.1) is 0 Å². The molecule has 0 spiro atoms. The van der Waals surface area contributed by atoms with Crippen LogP contribution < -0.4 is 19.1 Å². The van der Waals surface area contributed by atoms with Crippen molar-refractivity contribution in [2.75, 3.05) is 45.9 Å². The normalized spacial score (nSPS) is 21.9. The molecular weight excluding hydrogens is 404 g/mol. The Hall–Kier alpha value is -2.44. The zero-order chi connectivity index (χ0) is 21.3. The van der Waals surface area contributed by atoms with Crippen LogP contribution in [0.15, 0.2) is 36.4 Å². The van der Waals surface area contributed by atoms with Gasteiger partial charge in [0, 0.05) is 56.3 Å². The molecule has 4 rings (SSSR count). The lowest BCUT2D eigenvalue weighted by Crippen LogP contribution is -2.57. The first-order valence-corrected chi connectivity index (χ1v) is 10.5. The van der Waals surface area contributed by atoms with Gasteiger partial charge in [0.15, 0.2) is 11.5 Å². The monoisotopic (exact) mass is 430 g/mol. The molecule has 6 nitrogen and oxygen atoms in total. The summed E-state index contributed by atoms with van der Waals surface area (Å²) >= 11 is 6.18. The molecule has 2 aliphatic rings. The van der Waals surface area contributed by atoms with E-state index in [4.69, 9.17) is 25.8 Å². The lowest BCUT2D eigenvalue weighted by atomic mass is 9.88. The van der Waals surface area contributed by atoms with E-state index in [9.17, 15) is 4.79 Å². The van der Waals surface area contributed by atoms with Crippen molar-refractivity contribution < 1.29 is 19.0 Å². The minimum absolute atomic E-state index is 0.0537. The highest BCUT2D eigenvalue weighted by Gasteiger charge is 2.39. The van der Waals surface area contributed by atoms with Crippen LogP contribution in [-0.2, 0) is 4.79 Å². The molecule has 2 unspecified atom stereocenters. The summed E-state index contributed by atoms with van der Waals surface area (Å²) in [5, 5.41) is 0.598. The first-order chi connectivity index (χ1) is 14.5. The summed E-state index contributed by atoms with van der Waals surface area (Å²) in [5.74, 6) is 2.35. The van der Waals surface area contributed by atoms with Crippen molar-refractivity contribution in [2.24, 2.45) is 0 Å². The number of anilines is 1. The quantitative estimate of drug-likeness (QED) is 0.715. The van der Waals surface area contributed by atoms with Crippen LogP contribution in [0.3, 0.4) is 0 Å². The third kappa shape index (κ3) is 3.94. The van der Waals surface area contributed by atoms with E-state index in [1.54, 1.807) is 21.3 Å². The van der Waals surface area contributed by atoms with E-state index in [-0.39, 0.29) is 12.1 Å². The number of ketones is 1. The highest BCUT2D eigenvalue weighted by atomic mass is 35.5. The van der Waals surface area contributed by atoms with E-state index >= 15 is 0 Å². The lowest BCUT2D eigenvalue weighted by Gasteiger charge is -2.48. The van der Waals surface area contributed by atoms with Crippen LogP contribution in [0.5, 0.6) is 17.2 Å². The standard InChI is InChI=1S/C23H27ClN2O4/c1-28-21-7-4-15(10-23(21)30-3)20-13-18(27)11-17-14-25(8-9-26(17)20)16-5-6-19(24)22(12-16)29-2/h4-7,10,12,17,20H,8-9,11,13-14H2,1-3H3. The summed E-state index contributed by atoms with van der Waals surface area (Å²) in [4.78, 5) is 17.4. The minimum Gasteiger partial charge on any atom is -0.495 e. The minimum atomic E-state index is 0.0537. The summed E-state index contributed by atoms with van der Waals surface area (Å²) < 4.78 is 16.2. The van der Waals surface area contributed by atoms with Crippen LogP contribution >= 0.6 is 11.6 Å². The zero-order valence-electron chi connectivity index (χ0n) is 17.6. The number of hydrogen-bond donors (Lipinski definition) is 0. The van der Waals surface area contributed by atoms with Crippen molar-refractivity contribution in [1.82, 2.24) is 4.90 Å². The second kappa shape index (κ2) is 8.74. The summed E-state index contributed by atoms with van der Waals surface area (Å²) in [6.07, 6.45) is 1.10. The maximum Gasteiger partial charge on any atom is 0.161 e. The molecule has 0 amide bonds. The van der Waals surface area contributed by atoms with Gasteiger partial charge in [0.2, 0.25) is 0 Å². The van der Waals surface area contributed by atoms with E-state index in [2.05, 4.69) is 9.80 Å². The maximum absolute atomic E-state index is 12.6. The maximum atomic E-state index is 12.6. The highest BCUT2D eigenvalue weighted by Crippen LogP contribution is 2.39. The van der Waals surface area contributed by atoms with Crippen LogP contribution in [0.1, 0.15) is 24.4 Å².